The number of nitrogens with zero attached hydrogens (tertiary/aromatic N) is 1. The maximum absolute atomic E-state index is 12.5. The first-order valence-electron chi connectivity index (χ1n) is 8.27. The van der Waals surface area contributed by atoms with E-state index in [1.54, 1.807) is 42.5 Å². The number of carbonyl (C=O) groups excluding carboxylic acids is 3. The Balaban J connectivity index is 1.67. The Morgan fingerprint density at radius 1 is 1.04 bits per heavy atom. The Kier molecular flexibility index (Phi) is 5.68. The largest absolute Gasteiger partial charge is 0.326 e. The maximum Gasteiger partial charge on any atom is 0.229 e. The second-order valence-corrected chi connectivity index (χ2v) is 7.09. The average Bonchev–Trinajstić information content (AvgIpc) is 3.00. The van der Waals surface area contributed by atoms with E-state index in [2.05, 4.69) is 10.6 Å². The molecule has 6 nitrogen and oxygen atoms in total. The Hall–Kier alpha value is -2.57. The maximum atomic E-state index is 12.5. The highest BCUT2D eigenvalue weighted by Gasteiger charge is 2.36. The highest BCUT2D eigenvalue weighted by atomic mass is 35.5. The van der Waals surface area contributed by atoms with Crippen LogP contribution in [0.25, 0.3) is 0 Å². The summed E-state index contributed by atoms with van der Waals surface area (Å²) in [7, 11) is 0. The van der Waals surface area contributed by atoms with E-state index in [9.17, 15) is 14.4 Å². The van der Waals surface area contributed by atoms with Crippen molar-refractivity contribution in [2.45, 2.75) is 13.3 Å². The van der Waals surface area contributed by atoms with Crippen LogP contribution in [0.3, 0.4) is 0 Å². The van der Waals surface area contributed by atoms with Crippen LogP contribution in [-0.4, -0.2) is 24.3 Å². The molecule has 1 fully saturated rings. The molecule has 3 rings (SSSR count). The van der Waals surface area contributed by atoms with Gasteiger partial charge in [-0.15, -0.1) is 0 Å². The fourth-order valence-corrected chi connectivity index (χ4v) is 3.28. The third kappa shape index (κ3) is 4.59. The second-order valence-electron chi connectivity index (χ2n) is 6.25. The van der Waals surface area contributed by atoms with Gasteiger partial charge >= 0.3 is 0 Å². The summed E-state index contributed by atoms with van der Waals surface area (Å²) in [5.41, 5.74) is 1.73. The van der Waals surface area contributed by atoms with E-state index in [1.807, 2.05) is 0 Å². The third-order valence-corrected chi connectivity index (χ3v) is 4.72. The zero-order chi connectivity index (χ0) is 19.6. The minimum atomic E-state index is -0.498. The number of halogens is 2. The van der Waals surface area contributed by atoms with Gasteiger partial charge in [0.2, 0.25) is 17.7 Å². The van der Waals surface area contributed by atoms with Gasteiger partial charge in [0.15, 0.2) is 0 Å². The van der Waals surface area contributed by atoms with Gasteiger partial charge in [-0.25, -0.2) is 0 Å². The van der Waals surface area contributed by atoms with Crippen molar-refractivity contribution < 1.29 is 14.4 Å². The first-order valence-corrected chi connectivity index (χ1v) is 9.03. The summed E-state index contributed by atoms with van der Waals surface area (Å²) in [6.07, 6.45) is 0.0959. The molecule has 1 heterocycles. The van der Waals surface area contributed by atoms with E-state index in [1.165, 1.54) is 11.8 Å². The van der Waals surface area contributed by atoms with Crippen LogP contribution in [0.2, 0.25) is 10.0 Å². The summed E-state index contributed by atoms with van der Waals surface area (Å²) in [5.74, 6) is -1.10. The highest BCUT2D eigenvalue weighted by Crippen LogP contribution is 2.33. The van der Waals surface area contributed by atoms with Gasteiger partial charge in [-0.1, -0.05) is 23.2 Å². The number of hydrogen-bond donors (Lipinski definition) is 2. The molecular formula is C19H17Cl2N3O3. The van der Waals surface area contributed by atoms with Gasteiger partial charge in [0.25, 0.3) is 0 Å². The number of hydrogen-bond acceptors (Lipinski definition) is 3. The zero-order valence-electron chi connectivity index (χ0n) is 14.5. The first-order chi connectivity index (χ1) is 12.8. The van der Waals surface area contributed by atoms with Crippen molar-refractivity contribution in [3.63, 3.8) is 0 Å². The van der Waals surface area contributed by atoms with Gasteiger partial charge in [-0.05, 0) is 42.5 Å². The number of anilines is 3. The molecule has 0 aromatic heterocycles. The number of benzene rings is 2. The standard InChI is InChI=1S/C19H17Cl2N3O3/c1-11(25)22-14-3-5-15(6-4-14)23-19(27)12-8-18(26)24(10-12)17-9-13(20)2-7-16(17)21/h2-7,9,12H,8,10H2,1H3,(H,22,25)(H,23,27)/t12-/m1/s1. The molecule has 8 heteroatoms. The van der Waals surface area contributed by atoms with Crippen LogP contribution in [0.4, 0.5) is 17.1 Å². The van der Waals surface area contributed by atoms with Crippen molar-refractivity contribution in [1.29, 1.82) is 0 Å². The van der Waals surface area contributed by atoms with Crippen LogP contribution in [-0.2, 0) is 14.4 Å². The van der Waals surface area contributed by atoms with Gasteiger partial charge in [-0.2, -0.15) is 0 Å². The topological polar surface area (TPSA) is 78.5 Å². The lowest BCUT2D eigenvalue weighted by atomic mass is 10.1. The molecule has 1 saturated heterocycles. The number of rotatable bonds is 4. The van der Waals surface area contributed by atoms with E-state index in [4.69, 9.17) is 23.2 Å². The number of amides is 3. The summed E-state index contributed by atoms with van der Waals surface area (Å²) >= 11 is 12.2. The molecule has 140 valence electrons. The Morgan fingerprint density at radius 3 is 2.30 bits per heavy atom. The SMILES string of the molecule is CC(=O)Nc1ccc(NC(=O)[C@@H]2CC(=O)N(c3cc(Cl)ccc3Cl)C2)cc1. The van der Waals surface area contributed by atoms with Crippen molar-refractivity contribution in [1.82, 2.24) is 0 Å². The molecule has 0 aliphatic carbocycles. The molecule has 27 heavy (non-hydrogen) atoms. The molecule has 0 saturated carbocycles. The molecule has 1 atom stereocenters. The van der Waals surface area contributed by atoms with Gasteiger partial charge < -0.3 is 15.5 Å². The molecule has 2 aromatic carbocycles. The molecule has 0 spiro atoms. The molecule has 0 bridgehead atoms. The van der Waals surface area contributed by atoms with E-state index < -0.39 is 5.92 Å². The van der Waals surface area contributed by atoms with Gasteiger partial charge in [0.05, 0.1) is 16.6 Å². The fourth-order valence-electron chi connectivity index (χ4n) is 2.89. The van der Waals surface area contributed by atoms with Crippen LogP contribution in [0.15, 0.2) is 42.5 Å². The predicted octanol–water partition coefficient (Wildman–Crippen LogP) is 3.94. The normalized spacial score (nSPS) is 16.3. The second kappa shape index (κ2) is 7.98. The Labute approximate surface area is 166 Å². The summed E-state index contributed by atoms with van der Waals surface area (Å²) in [4.78, 5) is 37.4. The van der Waals surface area contributed by atoms with Crippen LogP contribution >= 0.6 is 23.2 Å². The monoisotopic (exact) mass is 405 g/mol. The zero-order valence-corrected chi connectivity index (χ0v) is 16.0. The molecular weight excluding hydrogens is 389 g/mol. The third-order valence-electron chi connectivity index (χ3n) is 4.17. The number of carbonyl (C=O) groups is 3. The smallest absolute Gasteiger partial charge is 0.229 e. The molecule has 3 amide bonds. The molecule has 2 N–H and O–H groups in total. The predicted molar refractivity (Wildman–Crippen MR) is 106 cm³/mol. The summed E-state index contributed by atoms with van der Waals surface area (Å²) in [6, 6.07) is 11.6. The number of nitrogens with one attached hydrogen (secondary N) is 2. The van der Waals surface area contributed by atoms with Crippen molar-refractivity contribution >= 4 is 58.0 Å². The van der Waals surface area contributed by atoms with Crippen molar-refractivity contribution in [2.24, 2.45) is 5.92 Å². The lowest BCUT2D eigenvalue weighted by molar-refractivity contribution is -0.122. The van der Waals surface area contributed by atoms with Gasteiger partial charge in [0, 0.05) is 36.3 Å². The summed E-state index contributed by atoms with van der Waals surface area (Å²) < 4.78 is 0. The van der Waals surface area contributed by atoms with E-state index in [0.29, 0.717) is 27.1 Å². The van der Waals surface area contributed by atoms with Gasteiger partial charge in [-0.3, -0.25) is 14.4 Å². The van der Waals surface area contributed by atoms with E-state index in [0.717, 1.165) is 0 Å². The molecule has 0 radical (unpaired) electrons. The van der Waals surface area contributed by atoms with Crippen molar-refractivity contribution in [2.75, 3.05) is 22.1 Å². The lowest BCUT2D eigenvalue weighted by Gasteiger charge is -2.18. The first kappa shape index (κ1) is 19.2. The molecule has 1 aliphatic heterocycles. The van der Waals surface area contributed by atoms with E-state index >= 15 is 0 Å². The van der Waals surface area contributed by atoms with E-state index in [-0.39, 0.29) is 30.7 Å². The summed E-state index contributed by atoms with van der Waals surface area (Å²) in [5, 5.41) is 6.32. The van der Waals surface area contributed by atoms with Crippen LogP contribution in [0, 0.1) is 5.92 Å². The van der Waals surface area contributed by atoms with Crippen molar-refractivity contribution in [3.8, 4) is 0 Å². The minimum absolute atomic E-state index is 0.0959. The highest BCUT2D eigenvalue weighted by molar-refractivity contribution is 6.36. The lowest BCUT2D eigenvalue weighted by Crippen LogP contribution is -2.28. The Bertz CT molecular complexity index is 900. The quantitative estimate of drug-likeness (QED) is 0.807. The van der Waals surface area contributed by atoms with Crippen molar-refractivity contribution in [3.05, 3.63) is 52.5 Å². The molecule has 0 unspecified atom stereocenters. The molecule has 1 aliphatic rings. The minimum Gasteiger partial charge on any atom is -0.326 e. The van der Waals surface area contributed by atoms with Crippen LogP contribution < -0.4 is 15.5 Å². The Morgan fingerprint density at radius 2 is 1.67 bits per heavy atom. The van der Waals surface area contributed by atoms with Crippen LogP contribution in [0.1, 0.15) is 13.3 Å². The van der Waals surface area contributed by atoms with Gasteiger partial charge in [0.1, 0.15) is 0 Å². The van der Waals surface area contributed by atoms with Crippen LogP contribution in [0.5, 0.6) is 0 Å². The molecule has 2 aromatic rings. The fraction of sp³-hybridized carbons (Fsp3) is 0.211. The average molecular weight is 406 g/mol. The summed E-state index contributed by atoms with van der Waals surface area (Å²) in [6.45, 7) is 1.65.